The Morgan fingerprint density at radius 3 is 2.45 bits per heavy atom. The highest BCUT2D eigenvalue weighted by atomic mass is 35.5. The van der Waals surface area contributed by atoms with E-state index in [-0.39, 0.29) is 18.2 Å². The van der Waals surface area contributed by atoms with Crippen LogP contribution in [-0.4, -0.2) is 19.0 Å². The predicted molar refractivity (Wildman–Crippen MR) is 131 cm³/mol. The number of halogens is 4. The predicted octanol–water partition coefficient (Wildman–Crippen LogP) is 7.23. The fourth-order valence-electron chi connectivity index (χ4n) is 3.06. The molecule has 0 amide bonds. The van der Waals surface area contributed by atoms with Gasteiger partial charge in [0.1, 0.15) is 6.61 Å². The van der Waals surface area contributed by atoms with Gasteiger partial charge in [0.2, 0.25) is 5.90 Å². The molecular weight excluding hydrogens is 508 g/mol. The molecule has 1 aliphatic heterocycles. The topological polar surface area (TPSA) is 57.1 Å². The van der Waals surface area contributed by atoms with Crippen LogP contribution in [0.15, 0.2) is 65.3 Å². The summed E-state index contributed by atoms with van der Waals surface area (Å²) in [6, 6.07) is 15.5. The normalized spacial score (nSPS) is 14.3. The van der Waals surface area contributed by atoms with Gasteiger partial charge < -0.3 is 14.2 Å². The molecular formula is C24H15Cl4NO4. The van der Waals surface area contributed by atoms with Gasteiger partial charge in [0.25, 0.3) is 0 Å². The van der Waals surface area contributed by atoms with Crippen LogP contribution in [-0.2, 0) is 16.1 Å². The monoisotopic (exact) mass is 521 g/mol. The highest BCUT2D eigenvalue weighted by Gasteiger charge is 2.25. The second-order valence-corrected chi connectivity index (χ2v) is 8.52. The Morgan fingerprint density at radius 1 is 0.939 bits per heavy atom. The third kappa shape index (κ3) is 5.28. The Kier molecular flexibility index (Phi) is 7.15. The number of rotatable bonds is 6. The molecule has 0 bridgehead atoms. The number of cyclic esters (lactones) is 1. The van der Waals surface area contributed by atoms with Crippen LogP contribution < -0.4 is 9.47 Å². The molecule has 0 atom stereocenters. The molecule has 0 aliphatic carbocycles. The molecule has 0 N–H and O–H groups in total. The van der Waals surface area contributed by atoms with Gasteiger partial charge in [-0.25, -0.2) is 9.79 Å². The molecule has 1 aliphatic rings. The van der Waals surface area contributed by atoms with Gasteiger partial charge >= 0.3 is 5.97 Å². The first-order valence-corrected chi connectivity index (χ1v) is 11.1. The number of methoxy groups -OCH3 is 1. The van der Waals surface area contributed by atoms with E-state index in [0.717, 1.165) is 5.56 Å². The minimum absolute atomic E-state index is 0.104. The first-order valence-electron chi connectivity index (χ1n) is 9.57. The van der Waals surface area contributed by atoms with Crippen LogP contribution in [0, 0.1) is 0 Å². The molecule has 1 heterocycles. The molecule has 9 heteroatoms. The number of ether oxygens (including phenoxy) is 3. The summed E-state index contributed by atoms with van der Waals surface area (Å²) in [5, 5.41) is 1.61. The van der Waals surface area contributed by atoms with Crippen LogP contribution in [0.25, 0.3) is 6.08 Å². The highest BCUT2D eigenvalue weighted by Crippen LogP contribution is 2.38. The van der Waals surface area contributed by atoms with Gasteiger partial charge in [-0.1, -0.05) is 64.6 Å². The van der Waals surface area contributed by atoms with Crippen LogP contribution in [0.2, 0.25) is 20.1 Å². The van der Waals surface area contributed by atoms with Crippen LogP contribution in [0.5, 0.6) is 11.5 Å². The Bertz CT molecular complexity index is 1300. The summed E-state index contributed by atoms with van der Waals surface area (Å²) >= 11 is 24.6. The Labute approximate surface area is 210 Å². The van der Waals surface area contributed by atoms with Gasteiger partial charge in [0.05, 0.1) is 32.8 Å². The summed E-state index contributed by atoms with van der Waals surface area (Å²) in [6.45, 7) is 0.200. The summed E-state index contributed by atoms with van der Waals surface area (Å²) in [5.41, 5.74) is 2.02. The van der Waals surface area contributed by atoms with Gasteiger partial charge in [0, 0.05) is 0 Å². The molecule has 33 heavy (non-hydrogen) atoms. The van der Waals surface area contributed by atoms with E-state index >= 15 is 0 Å². The zero-order chi connectivity index (χ0) is 23.5. The largest absolute Gasteiger partial charge is 0.493 e. The molecule has 168 valence electrons. The van der Waals surface area contributed by atoms with Crippen LogP contribution in [0.1, 0.15) is 16.7 Å². The second kappa shape index (κ2) is 10.1. The van der Waals surface area contributed by atoms with Crippen molar-refractivity contribution in [1.29, 1.82) is 0 Å². The van der Waals surface area contributed by atoms with E-state index in [4.69, 9.17) is 60.6 Å². The van der Waals surface area contributed by atoms with E-state index in [0.29, 0.717) is 42.7 Å². The van der Waals surface area contributed by atoms with E-state index in [9.17, 15) is 4.79 Å². The number of nitrogens with zero attached hydrogens (tertiary/aromatic N) is 1. The van der Waals surface area contributed by atoms with E-state index in [1.807, 2.05) is 0 Å². The highest BCUT2D eigenvalue weighted by molar-refractivity contribution is 6.42. The molecule has 0 saturated heterocycles. The molecule has 0 spiro atoms. The van der Waals surface area contributed by atoms with Crippen molar-refractivity contribution in [3.8, 4) is 11.5 Å². The van der Waals surface area contributed by atoms with E-state index in [2.05, 4.69) is 4.99 Å². The molecule has 0 saturated carbocycles. The van der Waals surface area contributed by atoms with Crippen molar-refractivity contribution in [2.75, 3.05) is 7.11 Å². The Hall–Kier alpha value is -2.70. The van der Waals surface area contributed by atoms with Crippen molar-refractivity contribution in [3.63, 3.8) is 0 Å². The summed E-state index contributed by atoms with van der Waals surface area (Å²) in [4.78, 5) is 16.6. The van der Waals surface area contributed by atoms with Crippen molar-refractivity contribution < 1.29 is 19.0 Å². The minimum Gasteiger partial charge on any atom is -0.493 e. The number of esters is 1. The van der Waals surface area contributed by atoms with E-state index in [1.165, 1.54) is 7.11 Å². The molecule has 5 nitrogen and oxygen atoms in total. The zero-order valence-corrected chi connectivity index (χ0v) is 20.1. The van der Waals surface area contributed by atoms with Gasteiger partial charge in [-0.2, -0.15) is 0 Å². The number of hydrogen-bond acceptors (Lipinski definition) is 5. The third-order valence-corrected chi connectivity index (χ3v) is 6.00. The first kappa shape index (κ1) is 23.5. The minimum atomic E-state index is -0.597. The maximum absolute atomic E-state index is 12.3. The smallest absolute Gasteiger partial charge is 0.363 e. The summed E-state index contributed by atoms with van der Waals surface area (Å²) in [6.07, 6.45) is 1.54. The van der Waals surface area contributed by atoms with Crippen LogP contribution in [0.4, 0.5) is 0 Å². The molecule has 0 unspecified atom stereocenters. The fourth-order valence-corrected chi connectivity index (χ4v) is 3.88. The zero-order valence-electron chi connectivity index (χ0n) is 17.1. The average Bonchev–Trinajstić information content (AvgIpc) is 3.15. The van der Waals surface area contributed by atoms with Crippen molar-refractivity contribution in [2.24, 2.45) is 4.99 Å². The van der Waals surface area contributed by atoms with Gasteiger partial charge in [-0.3, -0.25) is 0 Å². The lowest BCUT2D eigenvalue weighted by Gasteiger charge is -2.14. The van der Waals surface area contributed by atoms with Crippen molar-refractivity contribution in [3.05, 3.63) is 97.1 Å². The summed E-state index contributed by atoms with van der Waals surface area (Å²) < 4.78 is 16.6. The van der Waals surface area contributed by atoms with E-state index < -0.39 is 5.97 Å². The number of hydrogen-bond donors (Lipinski definition) is 0. The Balaban J connectivity index is 1.59. The fraction of sp³-hybridized carbons (Fsp3) is 0.0833. The molecule has 3 aromatic carbocycles. The number of carbonyl (C=O) groups is 1. The van der Waals surface area contributed by atoms with Crippen molar-refractivity contribution >= 4 is 64.3 Å². The van der Waals surface area contributed by atoms with Gasteiger partial charge in [-0.05, 0) is 53.6 Å². The maximum Gasteiger partial charge on any atom is 0.363 e. The van der Waals surface area contributed by atoms with Gasteiger partial charge in [-0.15, -0.1) is 0 Å². The van der Waals surface area contributed by atoms with Crippen LogP contribution in [0.3, 0.4) is 0 Å². The average molecular weight is 523 g/mol. The van der Waals surface area contributed by atoms with Crippen molar-refractivity contribution in [1.82, 2.24) is 0 Å². The maximum atomic E-state index is 12.3. The lowest BCUT2D eigenvalue weighted by Crippen LogP contribution is -2.05. The van der Waals surface area contributed by atoms with Crippen molar-refractivity contribution in [2.45, 2.75) is 6.61 Å². The summed E-state index contributed by atoms with van der Waals surface area (Å²) in [7, 11) is 1.49. The third-order valence-electron chi connectivity index (χ3n) is 4.65. The number of carbonyl (C=O) groups excluding carboxylic acids is 1. The second-order valence-electron chi connectivity index (χ2n) is 6.89. The number of aliphatic imine (C=N–C) groups is 1. The SMILES string of the molecule is COc1cc(/C=C2\N=C(c3ccccc3Cl)OC2=O)cc(Cl)c1OCc1ccc(Cl)c(Cl)c1. The Morgan fingerprint density at radius 2 is 1.73 bits per heavy atom. The lowest BCUT2D eigenvalue weighted by atomic mass is 10.1. The molecule has 3 aromatic rings. The molecule has 0 fully saturated rings. The number of benzene rings is 3. The molecule has 0 radical (unpaired) electrons. The lowest BCUT2D eigenvalue weighted by molar-refractivity contribution is -0.129. The van der Waals surface area contributed by atoms with Gasteiger partial charge in [0.15, 0.2) is 17.2 Å². The molecule has 0 aromatic heterocycles. The first-order chi connectivity index (χ1) is 15.9. The summed E-state index contributed by atoms with van der Waals surface area (Å²) in [5.74, 6) is 0.272. The quantitative estimate of drug-likeness (QED) is 0.253. The molecule has 4 rings (SSSR count). The standard InChI is InChI=1S/C24H15Cl4NO4/c1-31-21-11-14(9-19(28)22(21)32-12-13-6-7-17(26)18(27)8-13)10-20-24(30)33-23(29-20)15-4-2-3-5-16(15)25/h2-11H,12H2,1H3/b20-10-. The van der Waals surface area contributed by atoms with Crippen LogP contribution >= 0.6 is 46.4 Å². The van der Waals surface area contributed by atoms with E-state index in [1.54, 1.807) is 60.7 Å².